The van der Waals surface area contributed by atoms with Crippen LogP contribution in [0.1, 0.15) is 51.6 Å². The Balaban J connectivity index is 1.56. The first kappa shape index (κ1) is 28.8. The van der Waals surface area contributed by atoms with Crippen molar-refractivity contribution in [2.75, 3.05) is 4.72 Å². The van der Waals surface area contributed by atoms with Gasteiger partial charge in [-0.1, -0.05) is 11.2 Å². The Morgan fingerprint density at radius 3 is 2.60 bits per heavy atom. The highest BCUT2D eigenvalue weighted by atomic mass is 32.2. The summed E-state index contributed by atoms with van der Waals surface area (Å²) in [5.74, 6) is -1.41. The number of halogens is 2. The van der Waals surface area contributed by atoms with Crippen LogP contribution in [0, 0.1) is 31.4 Å². The molecule has 1 aliphatic rings. The molecule has 1 unspecified atom stereocenters. The summed E-state index contributed by atoms with van der Waals surface area (Å²) in [6.45, 7) is 3.42. The van der Waals surface area contributed by atoms with Crippen LogP contribution in [0.2, 0.25) is 0 Å². The number of carbonyl (C=O) groups is 1. The molecule has 1 fully saturated rings. The van der Waals surface area contributed by atoms with Crippen molar-refractivity contribution in [3.63, 3.8) is 0 Å². The summed E-state index contributed by atoms with van der Waals surface area (Å²) >= 11 is -1.26. The van der Waals surface area contributed by atoms with Gasteiger partial charge in [0.05, 0.1) is 28.3 Å². The van der Waals surface area contributed by atoms with Crippen molar-refractivity contribution in [1.29, 1.82) is 0 Å². The Kier molecular flexibility index (Phi) is 7.66. The van der Waals surface area contributed by atoms with Crippen LogP contribution >= 0.6 is 11.3 Å². The second-order valence-electron chi connectivity index (χ2n) is 10.4. The van der Waals surface area contributed by atoms with E-state index in [-0.39, 0.29) is 23.4 Å². The number of aromatic nitrogens is 4. The molecule has 3 N–H and O–H groups in total. The molecule has 10 nitrogen and oxygen atoms in total. The highest BCUT2D eigenvalue weighted by Gasteiger charge is 2.30. The number of hydrogen-bond acceptors (Lipinski definition) is 7. The van der Waals surface area contributed by atoms with Gasteiger partial charge in [0.25, 0.3) is 11.3 Å². The Labute approximate surface area is 250 Å². The van der Waals surface area contributed by atoms with E-state index in [1.807, 2.05) is 0 Å². The van der Waals surface area contributed by atoms with Gasteiger partial charge in [0, 0.05) is 28.5 Å². The van der Waals surface area contributed by atoms with Gasteiger partial charge in [-0.2, -0.15) is 5.10 Å². The molecule has 43 heavy (non-hydrogen) atoms. The number of carboxylic acids is 1. The Bertz CT molecular complexity index is 1880. The molecule has 0 aliphatic heterocycles. The van der Waals surface area contributed by atoms with Gasteiger partial charge in [-0.3, -0.25) is 9.27 Å². The normalized spacial score (nSPS) is 13.8. The van der Waals surface area contributed by atoms with E-state index in [0.29, 0.717) is 62.6 Å². The number of nitrogens with zero attached hydrogens (tertiary/aromatic N) is 4. The zero-order chi connectivity index (χ0) is 30.4. The highest BCUT2D eigenvalue weighted by molar-refractivity contribution is 7.80. The molecule has 6 rings (SSSR count). The highest BCUT2D eigenvalue weighted by Crippen LogP contribution is 2.40. The van der Waals surface area contributed by atoms with Crippen molar-refractivity contribution in [2.24, 2.45) is 5.92 Å². The average molecular weight is 626 g/mol. The Morgan fingerprint density at radius 2 is 1.98 bits per heavy atom. The van der Waals surface area contributed by atoms with Crippen LogP contribution in [0.25, 0.3) is 27.5 Å². The van der Waals surface area contributed by atoms with Crippen molar-refractivity contribution >= 4 is 34.3 Å². The van der Waals surface area contributed by atoms with Crippen molar-refractivity contribution < 1.29 is 32.0 Å². The molecule has 1 aliphatic carbocycles. The molecule has 1 atom stereocenters. The molecule has 0 amide bonds. The third-order valence-electron chi connectivity index (χ3n) is 7.31. The summed E-state index contributed by atoms with van der Waals surface area (Å²) in [6, 6.07) is 8.76. The van der Waals surface area contributed by atoms with E-state index in [9.17, 15) is 14.1 Å². The van der Waals surface area contributed by atoms with E-state index in [2.05, 4.69) is 14.9 Å². The maximum atomic E-state index is 15.4. The van der Waals surface area contributed by atoms with Crippen molar-refractivity contribution in [2.45, 2.75) is 39.5 Å². The zero-order valence-electron chi connectivity index (χ0n) is 22.9. The summed E-state index contributed by atoms with van der Waals surface area (Å²) in [6.07, 6.45) is 2.78. The van der Waals surface area contributed by atoms with Crippen LogP contribution in [0.15, 0.2) is 46.3 Å². The average Bonchev–Trinajstić information content (AvgIpc) is 3.34. The minimum Gasteiger partial charge on any atom is -0.476 e. The van der Waals surface area contributed by atoms with Gasteiger partial charge in [-0.15, -0.1) is 11.3 Å². The first-order valence-electron chi connectivity index (χ1n) is 13.3. The molecule has 0 radical (unpaired) electrons. The fraction of sp³-hybridized carbons (Fsp3) is 0.241. The first-order chi connectivity index (χ1) is 20.6. The number of thiazole rings is 1. The molecule has 222 valence electrons. The lowest BCUT2D eigenvalue weighted by Crippen LogP contribution is -2.04. The lowest BCUT2D eigenvalue weighted by Gasteiger charge is -2.12. The molecule has 3 aromatic heterocycles. The zero-order valence-corrected chi connectivity index (χ0v) is 24.6. The summed E-state index contributed by atoms with van der Waals surface area (Å²) in [7, 11) is 0. The number of aromatic carboxylic acids is 1. The molecule has 3 heterocycles. The molecule has 5 aromatic rings. The van der Waals surface area contributed by atoms with E-state index in [4.69, 9.17) is 14.2 Å². The molecule has 2 aromatic carbocycles. The van der Waals surface area contributed by atoms with Crippen LogP contribution in [0.5, 0.6) is 0 Å². The first-order valence-corrected chi connectivity index (χ1v) is 15.3. The van der Waals surface area contributed by atoms with Crippen LogP contribution in [0.3, 0.4) is 0 Å². The van der Waals surface area contributed by atoms with Crippen molar-refractivity contribution in [3.8, 4) is 27.5 Å². The SMILES string of the molecule is Cc1noc(C)c1-c1cc(-c2c(Cc3ccc(NS(=O)O)cc3F)c(CC3CC3)nn2-c2nc(C(=O)O)cs2)ccc1F. The molecule has 0 spiro atoms. The van der Waals surface area contributed by atoms with Crippen molar-refractivity contribution in [3.05, 3.63) is 87.4 Å². The molecular formula is C29H25F2N5O5S2. The van der Waals surface area contributed by atoms with Gasteiger partial charge in [0.15, 0.2) is 5.69 Å². The fourth-order valence-corrected chi connectivity index (χ4v) is 6.19. The fourth-order valence-electron chi connectivity index (χ4n) is 5.11. The maximum Gasteiger partial charge on any atom is 0.355 e. The number of nitrogens with one attached hydrogen (secondary N) is 1. The smallest absolute Gasteiger partial charge is 0.355 e. The van der Waals surface area contributed by atoms with Gasteiger partial charge >= 0.3 is 5.97 Å². The van der Waals surface area contributed by atoms with E-state index in [1.165, 1.54) is 23.6 Å². The number of carboxylic acid groups (broad SMARTS) is 1. The van der Waals surface area contributed by atoms with Crippen LogP contribution < -0.4 is 4.72 Å². The Hall–Kier alpha value is -4.27. The molecule has 14 heteroatoms. The van der Waals surface area contributed by atoms with Crippen LogP contribution in [-0.4, -0.2) is 39.8 Å². The van der Waals surface area contributed by atoms with Gasteiger partial charge in [-0.05, 0) is 74.9 Å². The largest absolute Gasteiger partial charge is 0.476 e. The number of anilines is 1. The standard InChI is InChI=1S/C29H25F2N5O5S2/c1-14-26(15(2)41-34-14)20-11-18(6-8-22(20)30)27-21(10-17-5-7-19(12-23(17)31)35-43(39)40)24(9-16-3-4-16)33-36(27)29-32-25(13-42-29)28(37)38/h5-8,11-13,16,35H,3-4,9-10H2,1-2H3,(H,37,38)(H,39,40). The minimum atomic E-state index is -2.36. The summed E-state index contributed by atoms with van der Waals surface area (Å²) < 4.78 is 60.0. The monoisotopic (exact) mass is 625 g/mol. The predicted molar refractivity (Wildman–Crippen MR) is 157 cm³/mol. The van der Waals surface area contributed by atoms with E-state index in [0.717, 1.165) is 30.2 Å². The van der Waals surface area contributed by atoms with Gasteiger partial charge < -0.3 is 9.63 Å². The topological polar surface area (TPSA) is 143 Å². The third-order valence-corrected chi connectivity index (χ3v) is 8.53. The summed E-state index contributed by atoms with van der Waals surface area (Å²) in [5, 5.41) is 20.1. The van der Waals surface area contributed by atoms with E-state index < -0.39 is 28.9 Å². The van der Waals surface area contributed by atoms with Gasteiger partial charge in [0.1, 0.15) is 17.4 Å². The predicted octanol–water partition coefficient (Wildman–Crippen LogP) is 6.34. The number of benzene rings is 2. The van der Waals surface area contributed by atoms with Gasteiger partial charge in [0.2, 0.25) is 5.13 Å². The molecular weight excluding hydrogens is 600 g/mol. The minimum absolute atomic E-state index is 0.0981. The van der Waals surface area contributed by atoms with E-state index in [1.54, 1.807) is 30.7 Å². The van der Waals surface area contributed by atoms with Crippen LogP contribution in [0.4, 0.5) is 14.5 Å². The lowest BCUT2D eigenvalue weighted by molar-refractivity contribution is 0.0691. The molecule has 0 saturated heterocycles. The quantitative estimate of drug-likeness (QED) is 0.153. The second-order valence-corrected chi connectivity index (χ2v) is 11.9. The van der Waals surface area contributed by atoms with Crippen molar-refractivity contribution in [1.82, 2.24) is 19.9 Å². The Morgan fingerprint density at radius 1 is 1.19 bits per heavy atom. The van der Waals surface area contributed by atoms with E-state index >= 15 is 8.78 Å². The number of hydrogen-bond donors (Lipinski definition) is 3. The number of rotatable bonds is 10. The molecule has 0 bridgehead atoms. The summed E-state index contributed by atoms with van der Waals surface area (Å²) in [5.41, 5.74) is 4.07. The maximum absolute atomic E-state index is 15.4. The third kappa shape index (κ3) is 5.85. The lowest BCUT2D eigenvalue weighted by atomic mass is 9.94. The van der Waals surface area contributed by atoms with Gasteiger partial charge in [-0.25, -0.2) is 27.5 Å². The number of aryl methyl sites for hydroxylation is 2. The summed E-state index contributed by atoms with van der Waals surface area (Å²) in [4.78, 5) is 15.9. The second kappa shape index (κ2) is 11.4. The van der Waals surface area contributed by atoms with Crippen LogP contribution in [-0.2, 0) is 24.1 Å². The molecule has 1 saturated carbocycles.